The number of aliphatic hydroxyl groups excluding tert-OH is 2. The number of hydrogen-bond acceptors (Lipinski definition) is 4. The van der Waals surface area contributed by atoms with Crippen molar-refractivity contribution in [3.05, 3.63) is 0 Å². The second-order valence-electron chi connectivity index (χ2n) is 4.37. The van der Waals surface area contributed by atoms with Crippen molar-refractivity contribution < 1.29 is 14.9 Å². The lowest BCUT2D eigenvalue weighted by molar-refractivity contribution is 0.0898. The van der Waals surface area contributed by atoms with Crippen LogP contribution in [-0.2, 0) is 4.74 Å². The van der Waals surface area contributed by atoms with E-state index in [0.29, 0.717) is 6.54 Å². The summed E-state index contributed by atoms with van der Waals surface area (Å²) in [5, 5.41) is 20.8. The third-order valence-electron chi connectivity index (χ3n) is 2.18. The smallest absolute Gasteiger partial charge is 0.0894 e. The first-order valence-electron chi connectivity index (χ1n) is 5.00. The van der Waals surface area contributed by atoms with Crippen LogP contribution in [0.15, 0.2) is 0 Å². The Balaban J connectivity index is 3.54. The van der Waals surface area contributed by atoms with Gasteiger partial charge in [-0.1, -0.05) is 13.8 Å². The molecule has 0 bridgehead atoms. The van der Waals surface area contributed by atoms with E-state index >= 15 is 0 Å². The standard InChI is InChI=1S/C10H23NO3/c1-10(2,4-5-14-3)8-11-6-9(13)7-12/h9,11-13H,4-8H2,1-3H3. The highest BCUT2D eigenvalue weighted by molar-refractivity contribution is 4.72. The van der Waals surface area contributed by atoms with Crippen molar-refractivity contribution >= 4 is 0 Å². The molecule has 0 fully saturated rings. The molecular weight excluding hydrogens is 182 g/mol. The summed E-state index contributed by atoms with van der Waals surface area (Å²) in [6, 6.07) is 0. The lowest BCUT2D eigenvalue weighted by Crippen LogP contribution is -2.36. The molecule has 0 aliphatic carbocycles. The molecule has 0 aromatic carbocycles. The van der Waals surface area contributed by atoms with Gasteiger partial charge in [-0.3, -0.25) is 0 Å². The molecule has 0 amide bonds. The van der Waals surface area contributed by atoms with Gasteiger partial charge >= 0.3 is 0 Å². The van der Waals surface area contributed by atoms with E-state index in [4.69, 9.17) is 14.9 Å². The van der Waals surface area contributed by atoms with Crippen LogP contribution in [0.1, 0.15) is 20.3 Å². The zero-order chi connectivity index (χ0) is 11.0. The molecule has 0 saturated carbocycles. The van der Waals surface area contributed by atoms with Gasteiger partial charge in [-0.25, -0.2) is 0 Å². The van der Waals surface area contributed by atoms with E-state index in [-0.39, 0.29) is 12.0 Å². The molecule has 4 nitrogen and oxygen atoms in total. The predicted molar refractivity (Wildman–Crippen MR) is 56.2 cm³/mol. The van der Waals surface area contributed by atoms with Crippen molar-refractivity contribution in [3.8, 4) is 0 Å². The fourth-order valence-corrected chi connectivity index (χ4v) is 1.11. The van der Waals surface area contributed by atoms with Crippen molar-refractivity contribution in [1.82, 2.24) is 5.32 Å². The molecule has 1 unspecified atom stereocenters. The third-order valence-corrected chi connectivity index (χ3v) is 2.18. The third kappa shape index (κ3) is 7.26. The van der Waals surface area contributed by atoms with E-state index in [1.54, 1.807) is 7.11 Å². The molecule has 0 spiro atoms. The Hall–Kier alpha value is -0.160. The molecule has 1 atom stereocenters. The van der Waals surface area contributed by atoms with Gasteiger partial charge in [0.1, 0.15) is 0 Å². The molecule has 0 aromatic rings. The minimum Gasteiger partial charge on any atom is -0.394 e. The topological polar surface area (TPSA) is 61.7 Å². The predicted octanol–water partition coefficient (Wildman–Crippen LogP) is -0.00810. The summed E-state index contributed by atoms with van der Waals surface area (Å²) >= 11 is 0. The van der Waals surface area contributed by atoms with Crippen molar-refractivity contribution in [2.24, 2.45) is 5.41 Å². The first kappa shape index (κ1) is 13.8. The summed E-state index contributed by atoms with van der Waals surface area (Å²) in [5.41, 5.74) is 0.158. The summed E-state index contributed by atoms with van der Waals surface area (Å²) in [6.07, 6.45) is 0.319. The monoisotopic (exact) mass is 205 g/mol. The largest absolute Gasteiger partial charge is 0.394 e. The lowest BCUT2D eigenvalue weighted by Gasteiger charge is -2.25. The maximum atomic E-state index is 9.09. The zero-order valence-electron chi connectivity index (χ0n) is 9.42. The molecule has 14 heavy (non-hydrogen) atoms. The van der Waals surface area contributed by atoms with Crippen LogP contribution < -0.4 is 5.32 Å². The highest BCUT2D eigenvalue weighted by Crippen LogP contribution is 2.18. The van der Waals surface area contributed by atoms with Crippen LogP contribution in [0, 0.1) is 5.41 Å². The van der Waals surface area contributed by atoms with E-state index in [1.165, 1.54) is 0 Å². The first-order valence-corrected chi connectivity index (χ1v) is 5.00. The van der Waals surface area contributed by atoms with E-state index in [1.807, 2.05) is 0 Å². The molecule has 0 radical (unpaired) electrons. The van der Waals surface area contributed by atoms with E-state index in [9.17, 15) is 0 Å². The number of aliphatic hydroxyl groups is 2. The molecular formula is C10H23NO3. The molecule has 0 heterocycles. The molecule has 86 valence electrons. The Morgan fingerprint density at radius 1 is 1.43 bits per heavy atom. The summed E-state index contributed by atoms with van der Waals surface area (Å²) < 4.78 is 5.01. The van der Waals surface area contributed by atoms with Crippen molar-refractivity contribution in [1.29, 1.82) is 0 Å². The fourth-order valence-electron chi connectivity index (χ4n) is 1.11. The van der Waals surface area contributed by atoms with Gasteiger partial charge < -0.3 is 20.3 Å². The minimum absolute atomic E-state index is 0.158. The highest BCUT2D eigenvalue weighted by Gasteiger charge is 2.17. The van der Waals surface area contributed by atoms with Crippen molar-refractivity contribution in [3.63, 3.8) is 0 Å². The average Bonchev–Trinajstić information content (AvgIpc) is 2.14. The maximum Gasteiger partial charge on any atom is 0.0894 e. The number of ether oxygens (including phenoxy) is 1. The van der Waals surface area contributed by atoms with Gasteiger partial charge in [0.05, 0.1) is 12.7 Å². The second kappa shape index (κ2) is 7.17. The van der Waals surface area contributed by atoms with Crippen LogP contribution in [0.2, 0.25) is 0 Å². The van der Waals surface area contributed by atoms with Crippen molar-refractivity contribution in [2.75, 3.05) is 33.4 Å². The molecule has 4 heteroatoms. The number of methoxy groups -OCH3 is 1. The van der Waals surface area contributed by atoms with Crippen LogP contribution in [0.4, 0.5) is 0 Å². The van der Waals surface area contributed by atoms with Gasteiger partial charge in [-0.05, 0) is 11.8 Å². The molecule has 0 saturated heterocycles. The van der Waals surface area contributed by atoms with Gasteiger partial charge in [0.15, 0.2) is 0 Å². The number of rotatable bonds is 8. The normalized spacial score (nSPS) is 14.4. The van der Waals surface area contributed by atoms with Gasteiger partial charge in [-0.15, -0.1) is 0 Å². The van der Waals surface area contributed by atoms with Gasteiger partial charge in [0, 0.05) is 26.8 Å². The summed E-state index contributed by atoms with van der Waals surface area (Å²) in [7, 11) is 1.69. The Kier molecular flexibility index (Phi) is 7.09. The van der Waals surface area contributed by atoms with E-state index in [0.717, 1.165) is 19.6 Å². The Morgan fingerprint density at radius 2 is 2.07 bits per heavy atom. The van der Waals surface area contributed by atoms with Crippen LogP contribution in [0.25, 0.3) is 0 Å². The molecule has 0 aliphatic rings. The van der Waals surface area contributed by atoms with Crippen LogP contribution in [0.3, 0.4) is 0 Å². The average molecular weight is 205 g/mol. The second-order valence-corrected chi connectivity index (χ2v) is 4.37. The maximum absolute atomic E-state index is 9.09. The van der Waals surface area contributed by atoms with Gasteiger partial charge in [0.2, 0.25) is 0 Å². The molecule has 0 rings (SSSR count). The molecule has 0 aliphatic heterocycles. The van der Waals surface area contributed by atoms with E-state index < -0.39 is 6.10 Å². The van der Waals surface area contributed by atoms with Gasteiger partial charge in [0.25, 0.3) is 0 Å². The highest BCUT2D eigenvalue weighted by atomic mass is 16.5. The lowest BCUT2D eigenvalue weighted by atomic mass is 9.90. The first-order chi connectivity index (χ1) is 6.52. The fraction of sp³-hybridized carbons (Fsp3) is 1.00. The Bertz CT molecular complexity index is 139. The number of hydrogen-bond donors (Lipinski definition) is 3. The summed E-state index contributed by atoms with van der Waals surface area (Å²) in [6.45, 7) is 6.09. The quantitative estimate of drug-likeness (QED) is 0.521. The zero-order valence-corrected chi connectivity index (χ0v) is 9.42. The van der Waals surface area contributed by atoms with Gasteiger partial charge in [-0.2, -0.15) is 0 Å². The van der Waals surface area contributed by atoms with Crippen LogP contribution >= 0.6 is 0 Å². The number of nitrogens with one attached hydrogen (secondary N) is 1. The van der Waals surface area contributed by atoms with E-state index in [2.05, 4.69) is 19.2 Å². The Morgan fingerprint density at radius 3 is 2.57 bits per heavy atom. The van der Waals surface area contributed by atoms with Crippen LogP contribution in [0.5, 0.6) is 0 Å². The minimum atomic E-state index is -0.659. The summed E-state index contributed by atoms with van der Waals surface area (Å²) in [5.74, 6) is 0. The van der Waals surface area contributed by atoms with Crippen molar-refractivity contribution in [2.45, 2.75) is 26.4 Å². The Labute approximate surface area is 86.3 Å². The SMILES string of the molecule is COCCC(C)(C)CNCC(O)CO. The van der Waals surface area contributed by atoms with Crippen LogP contribution in [-0.4, -0.2) is 49.7 Å². The summed E-state index contributed by atoms with van der Waals surface area (Å²) in [4.78, 5) is 0. The molecule has 0 aromatic heterocycles. The molecule has 3 N–H and O–H groups in total.